The lowest BCUT2D eigenvalue weighted by molar-refractivity contribution is 0.0950. The second kappa shape index (κ2) is 5.96. The number of hydrogen-bond acceptors (Lipinski definition) is 2. The molecule has 0 aliphatic rings. The highest BCUT2D eigenvalue weighted by Gasteiger charge is 2.14. The number of carbonyl (C=O) groups is 1. The minimum absolute atomic E-state index is 0.107. The van der Waals surface area contributed by atoms with E-state index >= 15 is 0 Å². The lowest BCUT2D eigenvalue weighted by Crippen LogP contribution is -2.23. The van der Waals surface area contributed by atoms with Crippen molar-refractivity contribution in [2.24, 2.45) is 0 Å². The number of amides is 1. The molecule has 0 aliphatic carbocycles. The molecule has 0 saturated carbocycles. The third kappa shape index (κ3) is 3.17. The Morgan fingerprint density at radius 3 is 2.78 bits per heavy atom. The van der Waals surface area contributed by atoms with Gasteiger partial charge in [-0.3, -0.25) is 4.79 Å². The van der Waals surface area contributed by atoms with Crippen LogP contribution >= 0.6 is 11.6 Å². The number of H-pyrrole nitrogens is 1. The maximum atomic E-state index is 13.2. The SMILES string of the molecule is Cc1nc2ccc(CNC(=O)c3cc(F)c(F)cc3Cl)cc2[nH]1. The van der Waals surface area contributed by atoms with Crippen LogP contribution in [-0.2, 0) is 6.54 Å². The van der Waals surface area contributed by atoms with E-state index in [-0.39, 0.29) is 17.1 Å². The van der Waals surface area contributed by atoms with Gasteiger partial charge in [0.15, 0.2) is 11.6 Å². The van der Waals surface area contributed by atoms with Crippen LogP contribution in [0.1, 0.15) is 21.7 Å². The Bertz CT molecular complexity index is 908. The molecule has 118 valence electrons. The van der Waals surface area contributed by atoms with E-state index in [1.165, 1.54) is 0 Å². The van der Waals surface area contributed by atoms with E-state index in [1.54, 1.807) is 0 Å². The van der Waals surface area contributed by atoms with Gasteiger partial charge in [0.25, 0.3) is 5.91 Å². The summed E-state index contributed by atoms with van der Waals surface area (Å²) in [5.41, 5.74) is 2.43. The van der Waals surface area contributed by atoms with Crippen molar-refractivity contribution in [2.75, 3.05) is 0 Å². The Labute approximate surface area is 135 Å². The van der Waals surface area contributed by atoms with Crippen LogP contribution in [0.25, 0.3) is 11.0 Å². The van der Waals surface area contributed by atoms with Crippen LogP contribution in [0, 0.1) is 18.6 Å². The number of nitrogens with one attached hydrogen (secondary N) is 2. The summed E-state index contributed by atoms with van der Waals surface area (Å²) in [6.45, 7) is 2.08. The molecule has 3 aromatic rings. The summed E-state index contributed by atoms with van der Waals surface area (Å²) in [5, 5.41) is 2.49. The van der Waals surface area contributed by atoms with Gasteiger partial charge in [-0.2, -0.15) is 0 Å². The van der Waals surface area contributed by atoms with Gasteiger partial charge in [-0.25, -0.2) is 13.8 Å². The fourth-order valence-corrected chi connectivity index (χ4v) is 2.50. The smallest absolute Gasteiger partial charge is 0.253 e. The molecule has 3 rings (SSSR count). The zero-order valence-corrected chi connectivity index (χ0v) is 12.8. The van der Waals surface area contributed by atoms with Crippen molar-refractivity contribution in [2.45, 2.75) is 13.5 Å². The van der Waals surface area contributed by atoms with Crippen molar-refractivity contribution in [1.82, 2.24) is 15.3 Å². The summed E-state index contributed by atoms with van der Waals surface area (Å²) >= 11 is 5.78. The van der Waals surface area contributed by atoms with Crippen LogP contribution in [0.5, 0.6) is 0 Å². The summed E-state index contributed by atoms with van der Waals surface area (Å²) in [6.07, 6.45) is 0. The van der Waals surface area contributed by atoms with Gasteiger partial charge in [0.05, 0.1) is 21.6 Å². The average Bonchev–Trinajstić information content (AvgIpc) is 2.87. The Balaban J connectivity index is 1.76. The monoisotopic (exact) mass is 335 g/mol. The van der Waals surface area contributed by atoms with Crippen molar-refractivity contribution in [3.63, 3.8) is 0 Å². The molecule has 0 bridgehead atoms. The fourth-order valence-electron chi connectivity index (χ4n) is 2.27. The molecule has 0 aliphatic heterocycles. The van der Waals surface area contributed by atoms with Gasteiger partial charge in [0.1, 0.15) is 5.82 Å². The molecule has 23 heavy (non-hydrogen) atoms. The molecule has 0 spiro atoms. The molecule has 4 nitrogen and oxygen atoms in total. The Morgan fingerprint density at radius 2 is 2.00 bits per heavy atom. The number of benzene rings is 2. The number of nitrogens with zero attached hydrogens (tertiary/aromatic N) is 1. The number of rotatable bonds is 3. The number of aromatic nitrogens is 2. The Kier molecular flexibility index (Phi) is 4.00. The maximum Gasteiger partial charge on any atom is 0.253 e. The standard InChI is InChI=1S/C16H12ClF2N3O/c1-8-21-14-3-2-9(4-15(14)22-8)7-20-16(23)10-5-12(18)13(19)6-11(10)17/h2-6H,7H2,1H3,(H,20,23)(H,21,22). The molecular formula is C16H12ClF2N3O. The van der Waals surface area contributed by atoms with Crippen LogP contribution in [0.4, 0.5) is 8.78 Å². The highest BCUT2D eigenvalue weighted by atomic mass is 35.5. The summed E-state index contributed by atoms with van der Waals surface area (Å²) in [7, 11) is 0. The second-order valence-corrected chi connectivity index (χ2v) is 5.51. The summed E-state index contributed by atoms with van der Waals surface area (Å²) < 4.78 is 26.3. The maximum absolute atomic E-state index is 13.2. The quantitative estimate of drug-likeness (QED) is 0.716. The van der Waals surface area contributed by atoms with Gasteiger partial charge in [-0.15, -0.1) is 0 Å². The average molecular weight is 336 g/mol. The molecule has 0 unspecified atom stereocenters. The molecule has 2 N–H and O–H groups in total. The third-order valence-corrected chi connectivity index (χ3v) is 3.69. The predicted octanol–water partition coefficient (Wildman–Crippen LogP) is 3.73. The first-order valence-electron chi connectivity index (χ1n) is 6.82. The molecule has 2 aromatic carbocycles. The molecule has 1 aromatic heterocycles. The van der Waals surface area contributed by atoms with Gasteiger partial charge < -0.3 is 10.3 Å². The van der Waals surface area contributed by atoms with Crippen molar-refractivity contribution in [3.05, 3.63) is 63.9 Å². The summed E-state index contributed by atoms with van der Waals surface area (Å²) in [4.78, 5) is 19.5. The predicted molar refractivity (Wildman–Crippen MR) is 83.4 cm³/mol. The first-order valence-corrected chi connectivity index (χ1v) is 7.20. The van der Waals surface area contributed by atoms with Gasteiger partial charge in [0, 0.05) is 6.54 Å². The molecule has 0 saturated heterocycles. The minimum atomic E-state index is -1.12. The van der Waals surface area contributed by atoms with Crippen molar-refractivity contribution in [3.8, 4) is 0 Å². The normalized spacial score (nSPS) is 11.0. The number of hydrogen-bond donors (Lipinski definition) is 2. The van der Waals surface area contributed by atoms with E-state index in [0.717, 1.165) is 34.6 Å². The van der Waals surface area contributed by atoms with Gasteiger partial charge in [-0.1, -0.05) is 17.7 Å². The van der Waals surface area contributed by atoms with Crippen LogP contribution in [0.2, 0.25) is 5.02 Å². The molecule has 1 heterocycles. The highest BCUT2D eigenvalue weighted by Crippen LogP contribution is 2.20. The second-order valence-electron chi connectivity index (χ2n) is 5.10. The fraction of sp³-hybridized carbons (Fsp3) is 0.125. The van der Waals surface area contributed by atoms with Gasteiger partial charge in [-0.05, 0) is 36.8 Å². The minimum Gasteiger partial charge on any atom is -0.348 e. The summed E-state index contributed by atoms with van der Waals surface area (Å²) in [5.74, 6) is -1.98. The zero-order chi connectivity index (χ0) is 16.6. The first kappa shape index (κ1) is 15.4. The number of imidazole rings is 1. The van der Waals surface area contributed by atoms with Crippen LogP contribution < -0.4 is 5.32 Å². The number of carbonyl (C=O) groups excluding carboxylic acids is 1. The van der Waals surface area contributed by atoms with E-state index in [9.17, 15) is 13.6 Å². The molecule has 0 fully saturated rings. The summed E-state index contributed by atoms with van der Waals surface area (Å²) in [6, 6.07) is 7.10. The van der Waals surface area contributed by atoms with E-state index in [0.29, 0.717) is 0 Å². The van der Waals surface area contributed by atoms with E-state index in [2.05, 4.69) is 15.3 Å². The van der Waals surface area contributed by atoms with E-state index in [4.69, 9.17) is 11.6 Å². The number of aromatic amines is 1. The van der Waals surface area contributed by atoms with Gasteiger partial charge >= 0.3 is 0 Å². The number of fused-ring (bicyclic) bond motifs is 1. The van der Waals surface area contributed by atoms with Crippen molar-refractivity contribution < 1.29 is 13.6 Å². The topological polar surface area (TPSA) is 57.8 Å². The van der Waals surface area contributed by atoms with Crippen molar-refractivity contribution in [1.29, 1.82) is 0 Å². The Hall–Kier alpha value is -2.47. The number of aryl methyl sites for hydroxylation is 1. The van der Waals surface area contributed by atoms with Gasteiger partial charge in [0.2, 0.25) is 0 Å². The first-order chi connectivity index (χ1) is 10.9. The zero-order valence-electron chi connectivity index (χ0n) is 12.1. The largest absolute Gasteiger partial charge is 0.348 e. The van der Waals surface area contributed by atoms with Crippen LogP contribution in [0.15, 0.2) is 30.3 Å². The number of halogens is 3. The van der Waals surface area contributed by atoms with Crippen LogP contribution in [0.3, 0.4) is 0 Å². The lowest BCUT2D eigenvalue weighted by atomic mass is 10.1. The lowest BCUT2D eigenvalue weighted by Gasteiger charge is -2.07. The third-order valence-electron chi connectivity index (χ3n) is 3.37. The highest BCUT2D eigenvalue weighted by molar-refractivity contribution is 6.33. The van der Waals surface area contributed by atoms with Crippen LogP contribution in [-0.4, -0.2) is 15.9 Å². The molecule has 0 radical (unpaired) electrons. The molecular weight excluding hydrogens is 324 g/mol. The van der Waals surface area contributed by atoms with E-state index in [1.807, 2.05) is 25.1 Å². The molecule has 1 amide bonds. The van der Waals surface area contributed by atoms with Crippen molar-refractivity contribution >= 4 is 28.5 Å². The molecule has 0 atom stereocenters. The van der Waals surface area contributed by atoms with E-state index < -0.39 is 17.5 Å². The molecule has 7 heteroatoms. The Morgan fingerprint density at radius 1 is 1.26 bits per heavy atom.